The van der Waals surface area contributed by atoms with E-state index < -0.39 is 0 Å². The van der Waals surface area contributed by atoms with Gasteiger partial charge in [-0.05, 0) is 30.2 Å². The topological polar surface area (TPSA) is 57.3 Å². The quantitative estimate of drug-likeness (QED) is 0.788. The molecule has 0 radical (unpaired) electrons. The molecular weight excluding hydrogens is 326 g/mol. The van der Waals surface area contributed by atoms with Crippen molar-refractivity contribution in [3.63, 3.8) is 0 Å². The second-order valence-electron chi connectivity index (χ2n) is 7.16. The molecule has 1 N–H and O–H groups in total. The maximum atomic E-state index is 5.74. The molecule has 1 fully saturated rings. The Hall–Kier alpha value is -2.60. The number of anilines is 1. The molecule has 6 nitrogen and oxygen atoms in total. The molecule has 1 unspecified atom stereocenters. The molecule has 0 aliphatic carbocycles. The average Bonchev–Trinajstić information content (AvgIpc) is 3.35. The SMILES string of the molecule is CC(c1ccc2c(c1)OCC2)N1CCN(c2cc3cn[nH]c3cn2)CC1. The van der Waals surface area contributed by atoms with Crippen molar-refractivity contribution in [3.05, 3.63) is 47.8 Å². The van der Waals surface area contributed by atoms with Gasteiger partial charge in [-0.25, -0.2) is 4.98 Å². The van der Waals surface area contributed by atoms with E-state index in [2.05, 4.69) is 56.2 Å². The van der Waals surface area contributed by atoms with Gasteiger partial charge in [-0.3, -0.25) is 10.00 Å². The van der Waals surface area contributed by atoms with Crippen LogP contribution in [0.2, 0.25) is 0 Å². The van der Waals surface area contributed by atoms with Gasteiger partial charge in [-0.15, -0.1) is 0 Å². The zero-order valence-corrected chi connectivity index (χ0v) is 15.0. The van der Waals surface area contributed by atoms with Gasteiger partial charge in [0, 0.05) is 44.0 Å². The van der Waals surface area contributed by atoms with Gasteiger partial charge in [-0.2, -0.15) is 5.10 Å². The molecule has 1 aromatic carbocycles. The third kappa shape index (κ3) is 2.70. The fourth-order valence-electron chi connectivity index (χ4n) is 4.00. The third-order valence-corrected chi connectivity index (χ3v) is 5.70. The van der Waals surface area contributed by atoms with Crippen molar-refractivity contribution in [2.45, 2.75) is 19.4 Å². The second kappa shape index (κ2) is 6.29. The minimum atomic E-state index is 0.399. The molecule has 2 aromatic heterocycles. The standard InChI is InChI=1S/C20H23N5O/c1-14(16-3-2-15-4-9-26-19(15)10-16)24-5-7-25(8-6-24)20-11-17-12-22-23-18(17)13-21-20/h2-3,10-14H,4-9H2,1H3,(H,22,23). The Bertz CT molecular complexity index is 929. The van der Waals surface area contributed by atoms with Crippen LogP contribution in [0, 0.1) is 0 Å². The van der Waals surface area contributed by atoms with Crippen LogP contribution in [-0.4, -0.2) is 52.9 Å². The van der Waals surface area contributed by atoms with Gasteiger partial charge in [0.15, 0.2) is 0 Å². The summed E-state index contributed by atoms with van der Waals surface area (Å²) < 4.78 is 5.74. The Morgan fingerprint density at radius 2 is 2.00 bits per heavy atom. The maximum Gasteiger partial charge on any atom is 0.129 e. The van der Waals surface area contributed by atoms with Gasteiger partial charge in [-0.1, -0.05) is 12.1 Å². The first-order chi connectivity index (χ1) is 12.8. The van der Waals surface area contributed by atoms with E-state index in [1.165, 1.54) is 11.1 Å². The highest BCUT2D eigenvalue weighted by Gasteiger charge is 2.24. The van der Waals surface area contributed by atoms with Crippen LogP contribution in [0.5, 0.6) is 5.75 Å². The second-order valence-corrected chi connectivity index (χ2v) is 7.16. The molecule has 0 amide bonds. The van der Waals surface area contributed by atoms with Crippen LogP contribution in [0.3, 0.4) is 0 Å². The number of nitrogens with zero attached hydrogens (tertiary/aromatic N) is 4. The van der Waals surface area contributed by atoms with E-state index in [0.29, 0.717) is 6.04 Å². The van der Waals surface area contributed by atoms with Crippen LogP contribution < -0.4 is 9.64 Å². The molecule has 3 aromatic rings. The molecule has 1 atom stereocenters. The number of fused-ring (bicyclic) bond motifs is 2. The number of nitrogens with one attached hydrogen (secondary N) is 1. The summed E-state index contributed by atoms with van der Waals surface area (Å²) in [6, 6.07) is 9.24. The van der Waals surface area contributed by atoms with Crippen molar-refractivity contribution in [2.75, 3.05) is 37.7 Å². The zero-order valence-electron chi connectivity index (χ0n) is 15.0. The van der Waals surface area contributed by atoms with E-state index in [4.69, 9.17) is 4.74 Å². The smallest absolute Gasteiger partial charge is 0.129 e. The lowest BCUT2D eigenvalue weighted by Gasteiger charge is -2.38. The van der Waals surface area contributed by atoms with Crippen molar-refractivity contribution in [1.82, 2.24) is 20.1 Å². The number of aromatic nitrogens is 3. The first-order valence-corrected chi connectivity index (χ1v) is 9.32. The Morgan fingerprint density at radius 1 is 1.12 bits per heavy atom. The molecule has 1 saturated heterocycles. The monoisotopic (exact) mass is 349 g/mol. The predicted molar refractivity (Wildman–Crippen MR) is 102 cm³/mol. The number of benzene rings is 1. The Labute approximate surface area is 152 Å². The fraction of sp³-hybridized carbons (Fsp3) is 0.400. The maximum absolute atomic E-state index is 5.74. The Kier molecular flexibility index (Phi) is 3.78. The van der Waals surface area contributed by atoms with Gasteiger partial charge in [0.1, 0.15) is 11.6 Å². The third-order valence-electron chi connectivity index (χ3n) is 5.70. The average molecular weight is 349 g/mol. The number of aromatic amines is 1. The van der Waals surface area contributed by atoms with E-state index >= 15 is 0 Å². The van der Waals surface area contributed by atoms with Gasteiger partial charge in [0.25, 0.3) is 0 Å². The number of hydrogen-bond acceptors (Lipinski definition) is 5. The molecule has 6 heteroatoms. The summed E-state index contributed by atoms with van der Waals surface area (Å²) in [5, 5.41) is 8.15. The van der Waals surface area contributed by atoms with Gasteiger partial charge >= 0.3 is 0 Å². The van der Waals surface area contributed by atoms with E-state index in [0.717, 1.165) is 61.7 Å². The molecule has 5 rings (SSSR count). The Morgan fingerprint density at radius 3 is 2.88 bits per heavy atom. The van der Waals surface area contributed by atoms with Gasteiger partial charge in [0.2, 0.25) is 0 Å². The van der Waals surface area contributed by atoms with Gasteiger partial charge < -0.3 is 9.64 Å². The largest absolute Gasteiger partial charge is 0.493 e. The molecule has 26 heavy (non-hydrogen) atoms. The van der Waals surface area contributed by atoms with Crippen molar-refractivity contribution in [3.8, 4) is 5.75 Å². The van der Waals surface area contributed by atoms with Gasteiger partial charge in [0.05, 0.1) is 24.5 Å². The molecule has 134 valence electrons. The summed E-state index contributed by atoms with van der Waals surface area (Å²) >= 11 is 0. The normalized spacial score (nSPS) is 18.7. The van der Waals surface area contributed by atoms with Crippen LogP contribution in [0.1, 0.15) is 24.1 Å². The van der Waals surface area contributed by atoms with E-state index in [-0.39, 0.29) is 0 Å². The fourth-order valence-corrected chi connectivity index (χ4v) is 4.00. The lowest BCUT2D eigenvalue weighted by Crippen LogP contribution is -2.47. The molecule has 0 saturated carbocycles. The van der Waals surface area contributed by atoms with Crippen molar-refractivity contribution < 1.29 is 4.74 Å². The molecule has 0 spiro atoms. The molecular formula is C20H23N5O. The van der Waals surface area contributed by atoms with Crippen molar-refractivity contribution in [1.29, 1.82) is 0 Å². The minimum Gasteiger partial charge on any atom is -0.493 e. The number of rotatable bonds is 3. The summed E-state index contributed by atoms with van der Waals surface area (Å²) in [5.74, 6) is 2.11. The lowest BCUT2D eigenvalue weighted by molar-refractivity contribution is 0.198. The summed E-state index contributed by atoms with van der Waals surface area (Å²) in [4.78, 5) is 9.50. The lowest BCUT2D eigenvalue weighted by atomic mass is 10.0. The van der Waals surface area contributed by atoms with Crippen LogP contribution in [0.4, 0.5) is 5.82 Å². The number of H-pyrrole nitrogens is 1. The van der Waals surface area contributed by atoms with Crippen molar-refractivity contribution >= 4 is 16.7 Å². The van der Waals surface area contributed by atoms with Crippen LogP contribution >= 0.6 is 0 Å². The van der Waals surface area contributed by atoms with Crippen LogP contribution in [0.25, 0.3) is 10.9 Å². The molecule has 0 bridgehead atoms. The first-order valence-electron chi connectivity index (χ1n) is 9.32. The zero-order chi connectivity index (χ0) is 17.5. The summed E-state index contributed by atoms with van der Waals surface area (Å²) in [6.07, 6.45) is 4.77. The summed E-state index contributed by atoms with van der Waals surface area (Å²) in [5.41, 5.74) is 3.67. The van der Waals surface area contributed by atoms with E-state index in [1.54, 1.807) is 0 Å². The number of hydrogen-bond donors (Lipinski definition) is 1. The Balaban J connectivity index is 1.27. The number of piperazine rings is 1. The summed E-state index contributed by atoms with van der Waals surface area (Å²) in [6.45, 7) is 7.15. The van der Waals surface area contributed by atoms with Crippen LogP contribution in [-0.2, 0) is 6.42 Å². The van der Waals surface area contributed by atoms with E-state index in [1.807, 2.05) is 12.4 Å². The molecule has 2 aliphatic heterocycles. The predicted octanol–water partition coefficient (Wildman–Crippen LogP) is 2.78. The highest BCUT2D eigenvalue weighted by Crippen LogP contribution is 2.31. The summed E-state index contributed by atoms with van der Waals surface area (Å²) in [7, 11) is 0. The van der Waals surface area contributed by atoms with Crippen LogP contribution in [0.15, 0.2) is 36.7 Å². The van der Waals surface area contributed by atoms with E-state index in [9.17, 15) is 0 Å². The highest BCUT2D eigenvalue weighted by molar-refractivity contribution is 5.79. The number of ether oxygens (including phenoxy) is 1. The molecule has 4 heterocycles. The molecule has 2 aliphatic rings. The minimum absolute atomic E-state index is 0.399. The number of pyridine rings is 1. The highest BCUT2D eigenvalue weighted by atomic mass is 16.5. The first kappa shape index (κ1) is 15.6. The van der Waals surface area contributed by atoms with Crippen molar-refractivity contribution in [2.24, 2.45) is 0 Å².